The first-order valence-corrected chi connectivity index (χ1v) is 8.36. The fourth-order valence-electron chi connectivity index (χ4n) is 2.10. The first kappa shape index (κ1) is 20.2. The molecule has 2 rings (SSSR count). The van der Waals surface area contributed by atoms with Crippen LogP contribution in [0.5, 0.6) is 5.75 Å². The van der Waals surface area contributed by atoms with E-state index in [1.807, 2.05) is 12.1 Å². The molecule has 0 unspecified atom stereocenters. The molecule has 0 aliphatic rings. The molecule has 0 saturated heterocycles. The highest BCUT2D eigenvalue weighted by molar-refractivity contribution is 6.30. The molecule has 0 bridgehead atoms. The van der Waals surface area contributed by atoms with Gasteiger partial charge in [0.15, 0.2) is 19.0 Å². The fourth-order valence-corrected chi connectivity index (χ4v) is 2.23. The number of esters is 1. The Kier molecular flexibility index (Phi) is 7.57. The van der Waals surface area contributed by atoms with Crippen LogP contribution in [0.25, 0.3) is 0 Å². The molecular formula is C18H17ClN2O6. The fraction of sp³-hybridized carbons (Fsp3) is 0.222. The molecule has 0 spiro atoms. The maximum absolute atomic E-state index is 11.7. The van der Waals surface area contributed by atoms with E-state index in [1.54, 1.807) is 18.2 Å². The summed E-state index contributed by atoms with van der Waals surface area (Å²) >= 11 is 5.79. The Bertz CT molecular complexity index is 810. The average Bonchev–Trinajstić information content (AvgIpc) is 2.66. The van der Waals surface area contributed by atoms with Crippen molar-refractivity contribution < 1.29 is 24.0 Å². The maximum Gasteiger partial charge on any atom is 0.344 e. The van der Waals surface area contributed by atoms with Gasteiger partial charge in [-0.1, -0.05) is 35.9 Å². The number of nitro groups is 1. The van der Waals surface area contributed by atoms with Crippen LogP contribution in [0.15, 0.2) is 48.5 Å². The first-order chi connectivity index (χ1) is 13.0. The van der Waals surface area contributed by atoms with E-state index in [0.29, 0.717) is 18.0 Å². The topological polar surface area (TPSA) is 108 Å². The standard InChI is InChI=1S/C18H17ClN2O6/c19-14-7-5-13(6-8-14)9-10-20-17(22)11-27-18(23)12-26-16-4-2-1-3-15(16)21(24)25/h1-8H,9-12H2,(H,20,22). The van der Waals surface area contributed by atoms with Crippen LogP contribution in [0.4, 0.5) is 5.69 Å². The molecule has 0 heterocycles. The molecule has 0 saturated carbocycles. The van der Waals surface area contributed by atoms with E-state index in [9.17, 15) is 19.7 Å². The van der Waals surface area contributed by atoms with Crippen molar-refractivity contribution >= 4 is 29.2 Å². The molecule has 0 aliphatic carbocycles. The molecule has 142 valence electrons. The number of carbonyl (C=O) groups is 2. The molecule has 2 aromatic carbocycles. The van der Waals surface area contributed by atoms with Crippen molar-refractivity contribution in [3.8, 4) is 5.75 Å². The zero-order chi connectivity index (χ0) is 19.6. The zero-order valence-electron chi connectivity index (χ0n) is 14.2. The van der Waals surface area contributed by atoms with Crippen molar-refractivity contribution in [2.45, 2.75) is 6.42 Å². The maximum atomic E-state index is 11.7. The van der Waals surface area contributed by atoms with Gasteiger partial charge in [-0.2, -0.15) is 0 Å². The highest BCUT2D eigenvalue weighted by Crippen LogP contribution is 2.25. The largest absolute Gasteiger partial charge is 0.475 e. The van der Waals surface area contributed by atoms with Crippen LogP contribution >= 0.6 is 11.6 Å². The summed E-state index contributed by atoms with van der Waals surface area (Å²) in [6.45, 7) is -0.618. The minimum Gasteiger partial charge on any atom is -0.475 e. The van der Waals surface area contributed by atoms with Crippen LogP contribution < -0.4 is 10.1 Å². The Morgan fingerprint density at radius 1 is 1.07 bits per heavy atom. The lowest BCUT2D eigenvalue weighted by Gasteiger charge is -2.08. The van der Waals surface area contributed by atoms with Crippen molar-refractivity contribution in [1.82, 2.24) is 5.32 Å². The van der Waals surface area contributed by atoms with E-state index in [-0.39, 0.29) is 11.4 Å². The number of nitrogens with zero attached hydrogens (tertiary/aromatic N) is 1. The number of hydrogen-bond donors (Lipinski definition) is 1. The molecule has 9 heteroatoms. The Hall–Kier alpha value is -3.13. The predicted molar refractivity (Wildman–Crippen MR) is 97.7 cm³/mol. The van der Waals surface area contributed by atoms with Gasteiger partial charge in [-0.15, -0.1) is 0 Å². The molecule has 0 aliphatic heterocycles. The monoisotopic (exact) mass is 392 g/mol. The molecule has 0 radical (unpaired) electrons. The van der Waals surface area contributed by atoms with E-state index in [0.717, 1.165) is 5.56 Å². The van der Waals surface area contributed by atoms with Gasteiger partial charge < -0.3 is 14.8 Å². The second-order valence-corrected chi connectivity index (χ2v) is 5.84. The Morgan fingerprint density at radius 2 is 1.78 bits per heavy atom. The molecule has 27 heavy (non-hydrogen) atoms. The lowest BCUT2D eigenvalue weighted by atomic mass is 10.1. The van der Waals surface area contributed by atoms with Gasteiger partial charge in [0.05, 0.1) is 4.92 Å². The third-order valence-corrected chi connectivity index (χ3v) is 3.67. The van der Waals surface area contributed by atoms with E-state index >= 15 is 0 Å². The van der Waals surface area contributed by atoms with Crippen molar-refractivity contribution in [3.05, 3.63) is 69.2 Å². The van der Waals surface area contributed by atoms with E-state index in [1.165, 1.54) is 18.2 Å². The Morgan fingerprint density at radius 3 is 2.48 bits per heavy atom. The number of nitro benzene ring substituents is 1. The SMILES string of the molecule is O=C(COC(=O)COc1ccccc1[N+](=O)[O-])NCCc1ccc(Cl)cc1. The second kappa shape index (κ2) is 10.1. The normalized spacial score (nSPS) is 10.1. The number of halogens is 1. The molecular weight excluding hydrogens is 376 g/mol. The van der Waals surface area contributed by atoms with Gasteiger partial charge in [0.25, 0.3) is 5.91 Å². The molecule has 2 aromatic rings. The predicted octanol–water partition coefficient (Wildman–Crippen LogP) is 2.53. The van der Waals surface area contributed by atoms with Crippen molar-refractivity contribution in [2.24, 2.45) is 0 Å². The van der Waals surface area contributed by atoms with Gasteiger partial charge >= 0.3 is 11.7 Å². The zero-order valence-corrected chi connectivity index (χ0v) is 15.0. The minimum atomic E-state index is -0.805. The number of hydrogen-bond acceptors (Lipinski definition) is 6. The average molecular weight is 393 g/mol. The summed E-state index contributed by atoms with van der Waals surface area (Å²) in [5.74, 6) is -1.31. The summed E-state index contributed by atoms with van der Waals surface area (Å²) < 4.78 is 9.86. The number of benzene rings is 2. The van der Waals surface area contributed by atoms with Crippen molar-refractivity contribution in [2.75, 3.05) is 19.8 Å². The number of carbonyl (C=O) groups excluding carboxylic acids is 2. The van der Waals surface area contributed by atoms with Crippen LogP contribution in [0, 0.1) is 10.1 Å². The van der Waals surface area contributed by atoms with Crippen molar-refractivity contribution in [1.29, 1.82) is 0 Å². The van der Waals surface area contributed by atoms with Crippen LogP contribution in [0.1, 0.15) is 5.56 Å². The van der Waals surface area contributed by atoms with Crippen LogP contribution in [0.3, 0.4) is 0 Å². The second-order valence-electron chi connectivity index (χ2n) is 5.40. The molecule has 0 atom stereocenters. The smallest absolute Gasteiger partial charge is 0.344 e. The van der Waals surface area contributed by atoms with Gasteiger partial charge in [0, 0.05) is 17.6 Å². The van der Waals surface area contributed by atoms with E-state index in [4.69, 9.17) is 21.1 Å². The molecule has 0 fully saturated rings. The first-order valence-electron chi connectivity index (χ1n) is 7.98. The number of ether oxygens (including phenoxy) is 2. The number of rotatable bonds is 9. The van der Waals surface area contributed by atoms with Crippen LogP contribution in [0.2, 0.25) is 5.02 Å². The van der Waals surface area contributed by atoms with E-state index in [2.05, 4.69) is 5.32 Å². The van der Waals surface area contributed by atoms with Gasteiger partial charge in [-0.25, -0.2) is 4.79 Å². The molecule has 8 nitrogen and oxygen atoms in total. The highest BCUT2D eigenvalue weighted by atomic mass is 35.5. The number of para-hydroxylation sites is 2. The third-order valence-electron chi connectivity index (χ3n) is 3.42. The number of amides is 1. The van der Waals surface area contributed by atoms with Crippen LogP contribution in [-0.4, -0.2) is 36.6 Å². The summed E-state index contributed by atoms with van der Waals surface area (Å²) in [5.41, 5.74) is 0.750. The summed E-state index contributed by atoms with van der Waals surface area (Å²) in [7, 11) is 0. The lowest BCUT2D eigenvalue weighted by molar-refractivity contribution is -0.385. The molecule has 1 N–H and O–H groups in total. The van der Waals surface area contributed by atoms with Gasteiger partial charge in [-0.05, 0) is 30.2 Å². The highest BCUT2D eigenvalue weighted by Gasteiger charge is 2.15. The summed E-state index contributed by atoms with van der Waals surface area (Å²) in [6, 6.07) is 12.9. The van der Waals surface area contributed by atoms with E-state index < -0.39 is 30.0 Å². The lowest BCUT2D eigenvalue weighted by Crippen LogP contribution is -2.31. The third kappa shape index (κ3) is 6.95. The van der Waals surface area contributed by atoms with Gasteiger partial charge in [0.1, 0.15) is 0 Å². The Labute approximate surface area is 160 Å². The van der Waals surface area contributed by atoms with Crippen molar-refractivity contribution in [3.63, 3.8) is 0 Å². The molecule has 1 amide bonds. The number of nitrogens with one attached hydrogen (secondary N) is 1. The van der Waals surface area contributed by atoms with Crippen LogP contribution in [-0.2, 0) is 20.7 Å². The van der Waals surface area contributed by atoms with Gasteiger partial charge in [0.2, 0.25) is 0 Å². The van der Waals surface area contributed by atoms with Gasteiger partial charge in [-0.3, -0.25) is 14.9 Å². The summed E-state index contributed by atoms with van der Waals surface area (Å²) in [6.07, 6.45) is 0.609. The summed E-state index contributed by atoms with van der Waals surface area (Å²) in [5, 5.41) is 14.1. The quantitative estimate of drug-likeness (QED) is 0.399. The molecule has 0 aromatic heterocycles. The minimum absolute atomic E-state index is 0.0492. The summed E-state index contributed by atoms with van der Waals surface area (Å²) in [4.78, 5) is 33.5. The Balaban J connectivity index is 1.67.